The first-order valence-corrected chi connectivity index (χ1v) is 13.1. The molecule has 0 aromatic rings. The van der Waals surface area contributed by atoms with Crippen LogP contribution < -0.4 is 0 Å². The summed E-state index contributed by atoms with van der Waals surface area (Å²) in [6.45, 7) is 14.8. The molecule has 4 aliphatic rings. The van der Waals surface area contributed by atoms with Crippen LogP contribution in [-0.4, -0.2) is 65.3 Å². The van der Waals surface area contributed by atoms with Crippen molar-refractivity contribution < 1.29 is 48.0 Å². The number of fused-ring (bicyclic) bond motifs is 3. The quantitative estimate of drug-likeness (QED) is 0.324. The summed E-state index contributed by atoms with van der Waals surface area (Å²) in [4.78, 5) is 63.2. The summed E-state index contributed by atoms with van der Waals surface area (Å²) >= 11 is 0. The van der Waals surface area contributed by atoms with Gasteiger partial charge in [-0.1, -0.05) is 27.4 Å². The summed E-state index contributed by atoms with van der Waals surface area (Å²) in [6, 6.07) is 0. The van der Waals surface area contributed by atoms with E-state index in [1.165, 1.54) is 27.7 Å². The minimum atomic E-state index is -1.35. The van der Waals surface area contributed by atoms with E-state index in [1.54, 1.807) is 0 Å². The minimum absolute atomic E-state index is 0.144. The Morgan fingerprint density at radius 2 is 1.32 bits per heavy atom. The van der Waals surface area contributed by atoms with Gasteiger partial charge in [0.25, 0.3) is 0 Å². The number of carbonyl (C=O) groups excluding carboxylic acids is 5. The molecule has 2 bridgehead atoms. The van der Waals surface area contributed by atoms with E-state index in [4.69, 9.17) is 18.9 Å². The SMILES string of the molecule is C=C1C(=O)[C@]23CC1C(O)C(OC(C)=O)C2[C@]1(C)C(OC(C)=O)CC(OC(C)=O)C(C)(C)C1CC3OC(C)=O. The fraction of sp³-hybridized carbons (Fsp3) is 0.750. The molecule has 10 heteroatoms. The van der Waals surface area contributed by atoms with Gasteiger partial charge in [0, 0.05) is 56.8 Å². The van der Waals surface area contributed by atoms with Gasteiger partial charge in [-0.3, -0.25) is 24.0 Å². The summed E-state index contributed by atoms with van der Waals surface area (Å²) in [5.41, 5.74) is -2.93. The van der Waals surface area contributed by atoms with Crippen LogP contribution in [0, 0.1) is 34.0 Å². The summed E-state index contributed by atoms with van der Waals surface area (Å²) in [5.74, 6) is -4.63. The molecule has 0 aromatic carbocycles. The highest BCUT2D eigenvalue weighted by Crippen LogP contribution is 2.72. The highest BCUT2D eigenvalue weighted by Gasteiger charge is 2.78. The molecule has 10 nitrogen and oxygen atoms in total. The van der Waals surface area contributed by atoms with Gasteiger partial charge in [-0.2, -0.15) is 0 Å². The Balaban J connectivity index is 2.01. The molecule has 4 saturated carbocycles. The fourth-order valence-corrected chi connectivity index (χ4v) is 8.61. The van der Waals surface area contributed by atoms with Crippen molar-refractivity contribution in [3.63, 3.8) is 0 Å². The number of esters is 4. The molecule has 4 aliphatic carbocycles. The van der Waals surface area contributed by atoms with Gasteiger partial charge in [0.1, 0.15) is 24.4 Å². The van der Waals surface area contributed by atoms with Crippen molar-refractivity contribution in [2.45, 2.75) is 98.2 Å². The number of aliphatic hydroxyl groups excluding tert-OH is 1. The monoisotopic (exact) mass is 534 g/mol. The molecule has 4 rings (SSSR count). The molecule has 0 amide bonds. The van der Waals surface area contributed by atoms with Crippen LogP contribution in [0.5, 0.6) is 0 Å². The first-order chi connectivity index (χ1) is 17.5. The molecular formula is C28H38O10. The van der Waals surface area contributed by atoms with Crippen LogP contribution in [0.25, 0.3) is 0 Å². The number of rotatable bonds is 4. The molecule has 210 valence electrons. The van der Waals surface area contributed by atoms with Crippen molar-refractivity contribution in [2.24, 2.45) is 34.0 Å². The van der Waals surface area contributed by atoms with E-state index in [-0.39, 0.29) is 30.6 Å². The maximum Gasteiger partial charge on any atom is 0.303 e. The molecule has 0 saturated heterocycles. The van der Waals surface area contributed by atoms with E-state index in [0.717, 1.165) is 0 Å². The highest BCUT2D eigenvalue weighted by atomic mass is 16.6. The van der Waals surface area contributed by atoms with Crippen molar-refractivity contribution in [1.29, 1.82) is 0 Å². The summed E-state index contributed by atoms with van der Waals surface area (Å²) in [7, 11) is 0. The van der Waals surface area contributed by atoms with E-state index in [9.17, 15) is 29.1 Å². The van der Waals surface area contributed by atoms with Crippen molar-refractivity contribution in [3.05, 3.63) is 12.2 Å². The predicted molar refractivity (Wildman–Crippen MR) is 131 cm³/mol. The molecule has 4 fully saturated rings. The third-order valence-corrected chi connectivity index (χ3v) is 9.87. The molecule has 0 aromatic heterocycles. The van der Waals surface area contributed by atoms with Gasteiger partial charge in [-0.15, -0.1) is 0 Å². The molecule has 0 heterocycles. The Hall–Kier alpha value is -2.75. The lowest BCUT2D eigenvalue weighted by molar-refractivity contribution is -0.289. The van der Waals surface area contributed by atoms with Crippen LogP contribution in [-0.2, 0) is 42.9 Å². The minimum Gasteiger partial charge on any atom is -0.462 e. The fourth-order valence-electron chi connectivity index (χ4n) is 8.61. The Morgan fingerprint density at radius 1 is 0.816 bits per heavy atom. The summed E-state index contributed by atoms with van der Waals surface area (Å²) < 4.78 is 23.3. The second kappa shape index (κ2) is 9.17. The topological polar surface area (TPSA) is 143 Å². The maximum absolute atomic E-state index is 14.1. The van der Waals surface area contributed by atoms with E-state index in [2.05, 4.69) is 6.58 Å². The number of ketones is 1. The Kier molecular flexibility index (Phi) is 6.82. The van der Waals surface area contributed by atoms with Crippen LogP contribution in [0.4, 0.5) is 0 Å². The first kappa shape index (κ1) is 28.3. The number of hydrogen-bond acceptors (Lipinski definition) is 10. The molecule has 1 N–H and O–H groups in total. The number of Topliss-reactive ketones (excluding diaryl/α,β-unsaturated/α-hetero) is 1. The van der Waals surface area contributed by atoms with E-state index in [0.29, 0.717) is 0 Å². The summed E-state index contributed by atoms with van der Waals surface area (Å²) in [5, 5.41) is 11.5. The van der Waals surface area contributed by atoms with Crippen molar-refractivity contribution >= 4 is 29.7 Å². The van der Waals surface area contributed by atoms with Gasteiger partial charge in [0.2, 0.25) is 0 Å². The first-order valence-electron chi connectivity index (χ1n) is 13.1. The number of ether oxygens (including phenoxy) is 4. The van der Waals surface area contributed by atoms with Crippen molar-refractivity contribution in [1.82, 2.24) is 0 Å². The third-order valence-electron chi connectivity index (χ3n) is 9.87. The van der Waals surface area contributed by atoms with Crippen molar-refractivity contribution in [2.75, 3.05) is 0 Å². The van der Waals surface area contributed by atoms with Gasteiger partial charge >= 0.3 is 23.9 Å². The van der Waals surface area contributed by atoms with Gasteiger partial charge in [0.05, 0.1) is 11.5 Å². The van der Waals surface area contributed by atoms with Gasteiger partial charge in [-0.25, -0.2) is 0 Å². The molecule has 8 unspecified atom stereocenters. The second-order valence-corrected chi connectivity index (χ2v) is 12.3. The van der Waals surface area contributed by atoms with E-state index in [1.807, 2.05) is 20.8 Å². The zero-order valence-corrected chi connectivity index (χ0v) is 23.1. The lowest BCUT2D eigenvalue weighted by atomic mass is 9.38. The molecule has 0 aliphatic heterocycles. The van der Waals surface area contributed by atoms with Crippen LogP contribution in [0.1, 0.15) is 67.7 Å². The zero-order valence-electron chi connectivity index (χ0n) is 23.1. The molecule has 1 spiro atoms. The molecular weight excluding hydrogens is 496 g/mol. The Morgan fingerprint density at radius 3 is 1.84 bits per heavy atom. The van der Waals surface area contributed by atoms with Crippen LogP contribution in [0.3, 0.4) is 0 Å². The van der Waals surface area contributed by atoms with E-state index < -0.39 is 88.4 Å². The smallest absolute Gasteiger partial charge is 0.303 e. The van der Waals surface area contributed by atoms with Crippen LogP contribution >= 0.6 is 0 Å². The maximum atomic E-state index is 14.1. The lowest BCUT2D eigenvalue weighted by Crippen LogP contribution is -2.74. The number of aliphatic hydroxyl groups is 1. The second-order valence-electron chi connectivity index (χ2n) is 12.3. The average Bonchev–Trinajstić information content (AvgIpc) is 2.99. The largest absolute Gasteiger partial charge is 0.462 e. The zero-order chi connectivity index (χ0) is 28.5. The van der Waals surface area contributed by atoms with Gasteiger partial charge in [-0.05, 0) is 24.3 Å². The van der Waals surface area contributed by atoms with E-state index >= 15 is 0 Å². The van der Waals surface area contributed by atoms with Crippen LogP contribution in [0.15, 0.2) is 12.2 Å². The highest BCUT2D eigenvalue weighted by molar-refractivity contribution is 6.04. The molecule has 38 heavy (non-hydrogen) atoms. The Bertz CT molecular complexity index is 1090. The lowest BCUT2D eigenvalue weighted by Gasteiger charge is -2.68. The number of hydrogen-bond donors (Lipinski definition) is 1. The van der Waals surface area contributed by atoms with Crippen LogP contribution in [0.2, 0.25) is 0 Å². The summed E-state index contributed by atoms with van der Waals surface area (Å²) in [6.07, 6.45) is -4.31. The third kappa shape index (κ3) is 3.89. The molecule has 0 radical (unpaired) electrons. The standard InChI is InChI=1S/C28H38O10/c1-12-17-11-28(25(12)34)21(37-15(4)31)9-18-26(6,7)19(35-13(2)29)10-20(36-14(3)30)27(18,8)24(28)23(22(17)33)38-16(5)32/h17-24,33H,1,9-11H2,2-8H3/t17?,18?,19?,20?,21?,22?,23?,24?,27-,28-/m0/s1. The Labute approximate surface area is 222 Å². The van der Waals surface area contributed by atoms with Crippen molar-refractivity contribution in [3.8, 4) is 0 Å². The molecule has 10 atom stereocenters. The van der Waals surface area contributed by atoms with Gasteiger partial charge < -0.3 is 24.1 Å². The average molecular weight is 535 g/mol. The predicted octanol–water partition coefficient (Wildman–Crippen LogP) is 2.29. The van der Waals surface area contributed by atoms with Gasteiger partial charge in [0.15, 0.2) is 5.78 Å². The normalized spacial score (nSPS) is 42.8. The number of carbonyl (C=O) groups is 5.